The molecule has 1 aliphatic rings. The Morgan fingerprint density at radius 3 is 2.30 bits per heavy atom. The van der Waals surface area contributed by atoms with Gasteiger partial charge in [0, 0.05) is 32.1 Å². The normalized spacial score (nSPS) is 19.8. The summed E-state index contributed by atoms with van der Waals surface area (Å²) in [4.78, 5) is 14.2. The third-order valence-electron chi connectivity index (χ3n) is 3.88. The van der Waals surface area contributed by atoms with Crippen LogP contribution in [0.3, 0.4) is 0 Å². The summed E-state index contributed by atoms with van der Waals surface area (Å²) in [5, 5.41) is 13.1. The lowest BCUT2D eigenvalue weighted by molar-refractivity contribution is -0.131. The molecule has 1 saturated heterocycles. The van der Waals surface area contributed by atoms with E-state index in [0.29, 0.717) is 18.9 Å². The van der Waals surface area contributed by atoms with Gasteiger partial charge >= 0.3 is 0 Å². The lowest BCUT2D eigenvalue weighted by Gasteiger charge is -2.23. The predicted octanol–water partition coefficient (Wildman–Crippen LogP) is 2.16. The molecule has 0 aliphatic carbocycles. The average Bonchev–Trinajstić information content (AvgIpc) is 2.64. The van der Waals surface area contributed by atoms with E-state index in [4.69, 9.17) is 0 Å². The average molecular weight is 284 g/mol. The van der Waals surface area contributed by atoms with Crippen molar-refractivity contribution < 1.29 is 9.90 Å². The molecular formula is C16H32N2O2. The molecule has 1 fully saturated rings. The summed E-state index contributed by atoms with van der Waals surface area (Å²) in [6.07, 6.45) is 5.80. The number of carbonyl (C=O) groups is 1. The van der Waals surface area contributed by atoms with Crippen molar-refractivity contribution in [2.45, 2.75) is 71.4 Å². The van der Waals surface area contributed by atoms with Gasteiger partial charge in [-0.3, -0.25) is 4.79 Å². The smallest absolute Gasteiger partial charge is 0.224 e. The van der Waals surface area contributed by atoms with E-state index >= 15 is 0 Å². The number of aliphatic hydroxyl groups excluding tert-OH is 1. The fourth-order valence-corrected chi connectivity index (χ4v) is 2.75. The fourth-order valence-electron chi connectivity index (χ4n) is 2.75. The molecule has 1 aliphatic heterocycles. The number of hydrogen-bond acceptors (Lipinski definition) is 3. The van der Waals surface area contributed by atoms with Gasteiger partial charge in [0.25, 0.3) is 0 Å². The van der Waals surface area contributed by atoms with Gasteiger partial charge in [-0.15, -0.1) is 0 Å². The SMILES string of the molecule is CC(C)CC(O)CNC(C)CC(=O)N1CCCCCC1. The Kier molecular flexibility index (Phi) is 8.15. The van der Waals surface area contributed by atoms with Gasteiger partial charge in [0.05, 0.1) is 6.10 Å². The highest BCUT2D eigenvalue weighted by Crippen LogP contribution is 2.11. The van der Waals surface area contributed by atoms with Crippen LogP contribution >= 0.6 is 0 Å². The van der Waals surface area contributed by atoms with Crippen molar-refractivity contribution >= 4 is 5.91 Å². The van der Waals surface area contributed by atoms with Crippen molar-refractivity contribution in [1.29, 1.82) is 0 Å². The first kappa shape index (κ1) is 17.4. The van der Waals surface area contributed by atoms with E-state index in [1.807, 2.05) is 11.8 Å². The number of carbonyl (C=O) groups excluding carboxylic acids is 1. The Hall–Kier alpha value is -0.610. The Morgan fingerprint density at radius 1 is 1.15 bits per heavy atom. The van der Waals surface area contributed by atoms with Crippen molar-refractivity contribution in [2.24, 2.45) is 5.92 Å². The Balaban J connectivity index is 2.23. The second-order valence-corrected chi connectivity index (χ2v) is 6.59. The minimum absolute atomic E-state index is 0.132. The second-order valence-electron chi connectivity index (χ2n) is 6.59. The van der Waals surface area contributed by atoms with Gasteiger partial charge in [0.15, 0.2) is 0 Å². The maximum Gasteiger partial charge on any atom is 0.224 e. The molecule has 0 saturated carbocycles. The van der Waals surface area contributed by atoms with Crippen molar-refractivity contribution in [3.05, 3.63) is 0 Å². The number of hydrogen-bond donors (Lipinski definition) is 2. The Morgan fingerprint density at radius 2 is 1.75 bits per heavy atom. The van der Waals surface area contributed by atoms with E-state index in [2.05, 4.69) is 19.2 Å². The summed E-state index contributed by atoms with van der Waals surface area (Å²) >= 11 is 0. The first-order chi connectivity index (χ1) is 9.49. The van der Waals surface area contributed by atoms with E-state index < -0.39 is 0 Å². The summed E-state index contributed by atoms with van der Waals surface area (Å²) in [6.45, 7) is 8.65. The molecule has 20 heavy (non-hydrogen) atoms. The third-order valence-corrected chi connectivity index (χ3v) is 3.88. The molecule has 0 aromatic carbocycles. The standard InChI is InChI=1S/C16H32N2O2/c1-13(2)10-15(19)12-17-14(3)11-16(20)18-8-6-4-5-7-9-18/h13-15,17,19H,4-12H2,1-3H3. The van der Waals surface area contributed by atoms with Crippen molar-refractivity contribution in [3.8, 4) is 0 Å². The van der Waals surface area contributed by atoms with Crippen molar-refractivity contribution in [3.63, 3.8) is 0 Å². The number of aliphatic hydroxyl groups is 1. The maximum atomic E-state index is 12.2. The lowest BCUT2D eigenvalue weighted by Crippen LogP contribution is -2.40. The fraction of sp³-hybridized carbons (Fsp3) is 0.938. The van der Waals surface area contributed by atoms with Gasteiger partial charge in [-0.25, -0.2) is 0 Å². The van der Waals surface area contributed by atoms with Crippen LogP contribution in [-0.4, -0.2) is 47.7 Å². The van der Waals surface area contributed by atoms with Gasteiger partial charge in [-0.1, -0.05) is 26.7 Å². The zero-order valence-electron chi connectivity index (χ0n) is 13.4. The lowest BCUT2D eigenvalue weighted by atomic mass is 10.1. The van der Waals surface area contributed by atoms with Crippen LogP contribution < -0.4 is 5.32 Å². The van der Waals surface area contributed by atoms with Crippen LogP contribution in [-0.2, 0) is 4.79 Å². The third kappa shape index (κ3) is 7.25. The van der Waals surface area contributed by atoms with Crippen LogP contribution in [0.2, 0.25) is 0 Å². The highest BCUT2D eigenvalue weighted by molar-refractivity contribution is 5.76. The predicted molar refractivity (Wildman–Crippen MR) is 82.6 cm³/mol. The summed E-state index contributed by atoms with van der Waals surface area (Å²) in [5.41, 5.74) is 0. The quantitative estimate of drug-likeness (QED) is 0.753. The van der Waals surface area contributed by atoms with Crippen LogP contribution in [0.4, 0.5) is 0 Å². The zero-order chi connectivity index (χ0) is 15.0. The summed E-state index contributed by atoms with van der Waals surface area (Å²) in [6, 6.07) is 0.132. The largest absolute Gasteiger partial charge is 0.392 e. The molecule has 0 aromatic heterocycles. The second kappa shape index (κ2) is 9.35. The van der Waals surface area contributed by atoms with Crippen LogP contribution in [0.15, 0.2) is 0 Å². The minimum atomic E-state index is -0.314. The minimum Gasteiger partial charge on any atom is -0.392 e. The molecule has 0 bridgehead atoms. The Bertz CT molecular complexity index is 274. The highest BCUT2D eigenvalue weighted by Gasteiger charge is 2.18. The summed E-state index contributed by atoms with van der Waals surface area (Å²) in [5.74, 6) is 0.756. The van der Waals surface area contributed by atoms with E-state index in [1.54, 1.807) is 0 Å². The number of rotatable bonds is 7. The zero-order valence-corrected chi connectivity index (χ0v) is 13.4. The van der Waals surface area contributed by atoms with Crippen molar-refractivity contribution in [2.75, 3.05) is 19.6 Å². The maximum absolute atomic E-state index is 12.2. The number of nitrogens with one attached hydrogen (secondary N) is 1. The molecule has 1 rings (SSSR count). The molecule has 0 aromatic rings. The molecule has 118 valence electrons. The van der Waals surface area contributed by atoms with Crippen molar-refractivity contribution in [1.82, 2.24) is 10.2 Å². The molecule has 2 atom stereocenters. The van der Waals surface area contributed by atoms with E-state index in [9.17, 15) is 9.90 Å². The number of nitrogens with zero attached hydrogens (tertiary/aromatic N) is 1. The highest BCUT2D eigenvalue weighted by atomic mass is 16.3. The van der Waals surface area contributed by atoms with Gasteiger partial charge in [0.2, 0.25) is 5.91 Å². The molecule has 1 heterocycles. The van der Waals surface area contributed by atoms with Gasteiger partial charge < -0.3 is 15.3 Å². The van der Waals surface area contributed by atoms with E-state index in [0.717, 1.165) is 32.4 Å². The monoisotopic (exact) mass is 284 g/mol. The van der Waals surface area contributed by atoms with Gasteiger partial charge in [-0.2, -0.15) is 0 Å². The van der Waals surface area contributed by atoms with Gasteiger partial charge in [-0.05, 0) is 32.1 Å². The van der Waals surface area contributed by atoms with Crippen LogP contribution in [0, 0.1) is 5.92 Å². The molecule has 4 heteroatoms. The molecule has 2 unspecified atom stereocenters. The molecule has 4 nitrogen and oxygen atoms in total. The Labute approximate surface area is 123 Å². The summed E-state index contributed by atoms with van der Waals surface area (Å²) < 4.78 is 0. The summed E-state index contributed by atoms with van der Waals surface area (Å²) in [7, 11) is 0. The van der Waals surface area contributed by atoms with Crippen LogP contribution in [0.5, 0.6) is 0 Å². The molecule has 0 radical (unpaired) electrons. The first-order valence-corrected chi connectivity index (χ1v) is 8.18. The molecule has 2 N–H and O–H groups in total. The van der Waals surface area contributed by atoms with E-state index in [1.165, 1.54) is 12.8 Å². The number of likely N-dealkylation sites (tertiary alicyclic amines) is 1. The van der Waals surface area contributed by atoms with E-state index in [-0.39, 0.29) is 18.1 Å². The van der Waals surface area contributed by atoms with Gasteiger partial charge in [0.1, 0.15) is 0 Å². The molecular weight excluding hydrogens is 252 g/mol. The first-order valence-electron chi connectivity index (χ1n) is 8.18. The molecule has 0 spiro atoms. The topological polar surface area (TPSA) is 52.6 Å². The molecule has 1 amide bonds. The number of amides is 1. The van der Waals surface area contributed by atoms with Crippen LogP contribution in [0.25, 0.3) is 0 Å². The van der Waals surface area contributed by atoms with Crippen LogP contribution in [0.1, 0.15) is 59.3 Å².